The van der Waals surface area contributed by atoms with Gasteiger partial charge in [-0.15, -0.1) is 0 Å². The normalized spacial score (nSPS) is 15.5. The van der Waals surface area contributed by atoms with Gasteiger partial charge < -0.3 is 10.3 Å². The van der Waals surface area contributed by atoms with Gasteiger partial charge in [0.2, 0.25) is 0 Å². The van der Waals surface area contributed by atoms with E-state index in [0.29, 0.717) is 0 Å². The average molecular weight is 185 g/mol. The lowest BCUT2D eigenvalue weighted by molar-refractivity contribution is 0.508. The smallest absolute Gasteiger partial charge is 0.0914 e. The van der Waals surface area contributed by atoms with Crippen molar-refractivity contribution < 1.29 is 8.76 Å². The van der Waals surface area contributed by atoms with E-state index < -0.39 is 17.4 Å². The van der Waals surface area contributed by atoms with E-state index in [0.717, 1.165) is 5.56 Å². The van der Waals surface area contributed by atoms with E-state index in [-0.39, 0.29) is 0 Å². The second-order valence-corrected chi connectivity index (χ2v) is 2.95. The van der Waals surface area contributed by atoms with Crippen LogP contribution in [-0.2, 0) is 11.3 Å². The summed E-state index contributed by atoms with van der Waals surface area (Å²) in [6, 6.07) is 8.94. The molecule has 0 aliphatic carbocycles. The van der Waals surface area contributed by atoms with Gasteiger partial charge in [-0.25, -0.2) is 4.72 Å². The number of hydrogen-bond donors (Lipinski definition) is 2. The molecular weight excluding hydrogens is 176 g/mol. The molecule has 0 amide bonds. The highest BCUT2D eigenvalue weighted by molar-refractivity contribution is 7.77. The van der Waals surface area contributed by atoms with Gasteiger partial charge in [0.1, 0.15) is 0 Å². The summed E-state index contributed by atoms with van der Waals surface area (Å²) in [5, 5.41) is 0. The average Bonchev–Trinajstić information content (AvgIpc) is 2.05. The SMILES string of the molecule is NC(NS(=O)[O-])c1ccccc1. The van der Waals surface area contributed by atoms with E-state index >= 15 is 0 Å². The molecule has 1 rings (SSSR count). The molecule has 2 unspecified atom stereocenters. The van der Waals surface area contributed by atoms with Crippen LogP contribution < -0.4 is 10.5 Å². The highest BCUT2D eigenvalue weighted by Gasteiger charge is 2.02. The van der Waals surface area contributed by atoms with Crippen molar-refractivity contribution in [3.05, 3.63) is 35.9 Å². The van der Waals surface area contributed by atoms with Gasteiger partial charge >= 0.3 is 0 Å². The van der Waals surface area contributed by atoms with E-state index in [1.165, 1.54) is 0 Å². The molecule has 5 heteroatoms. The van der Waals surface area contributed by atoms with Crippen LogP contribution in [0.2, 0.25) is 0 Å². The van der Waals surface area contributed by atoms with Crippen molar-refractivity contribution in [2.24, 2.45) is 5.73 Å². The molecule has 66 valence electrons. The molecule has 4 nitrogen and oxygen atoms in total. The number of rotatable bonds is 3. The van der Waals surface area contributed by atoms with E-state index in [9.17, 15) is 8.76 Å². The van der Waals surface area contributed by atoms with E-state index in [4.69, 9.17) is 5.73 Å². The lowest BCUT2D eigenvalue weighted by atomic mass is 10.2. The fourth-order valence-corrected chi connectivity index (χ4v) is 1.18. The van der Waals surface area contributed by atoms with Crippen molar-refractivity contribution in [1.82, 2.24) is 4.72 Å². The zero-order valence-electron chi connectivity index (χ0n) is 6.27. The van der Waals surface area contributed by atoms with Gasteiger partial charge in [-0.3, -0.25) is 4.21 Å². The standard InChI is InChI=1S/C7H10N2O2S/c8-7(9-12(10)11)6-4-2-1-3-5-6/h1-5,7,9H,8H2,(H,10,11)/p-1. The van der Waals surface area contributed by atoms with Gasteiger partial charge in [-0.2, -0.15) is 0 Å². The van der Waals surface area contributed by atoms with Gasteiger partial charge in [-0.1, -0.05) is 30.3 Å². The molecule has 1 aromatic carbocycles. The molecule has 0 radical (unpaired) electrons. The van der Waals surface area contributed by atoms with Crippen LogP contribution in [0.1, 0.15) is 11.7 Å². The Labute approximate surface area is 73.2 Å². The molecule has 0 saturated heterocycles. The van der Waals surface area contributed by atoms with Crippen LogP contribution in [0.25, 0.3) is 0 Å². The molecule has 0 spiro atoms. The molecule has 1 aromatic rings. The summed E-state index contributed by atoms with van der Waals surface area (Å²) in [4.78, 5) is 0. The molecule has 2 atom stereocenters. The number of nitrogens with one attached hydrogen (secondary N) is 1. The molecule has 0 bridgehead atoms. The highest BCUT2D eigenvalue weighted by atomic mass is 32.2. The summed E-state index contributed by atoms with van der Waals surface area (Å²) >= 11 is -2.32. The molecule has 0 heterocycles. The topological polar surface area (TPSA) is 78.2 Å². The first-order chi connectivity index (χ1) is 5.70. The van der Waals surface area contributed by atoms with Crippen LogP contribution in [0.5, 0.6) is 0 Å². The number of benzene rings is 1. The largest absolute Gasteiger partial charge is 0.760 e. The summed E-state index contributed by atoms with van der Waals surface area (Å²) in [5.74, 6) is 0. The Kier molecular flexibility index (Phi) is 3.36. The Hall–Kier alpha value is -0.750. The van der Waals surface area contributed by atoms with Crippen LogP contribution in [-0.4, -0.2) is 8.76 Å². The first-order valence-corrected chi connectivity index (χ1v) is 4.43. The van der Waals surface area contributed by atoms with E-state index in [1.54, 1.807) is 24.3 Å². The monoisotopic (exact) mass is 185 g/mol. The zero-order chi connectivity index (χ0) is 8.97. The minimum Gasteiger partial charge on any atom is -0.760 e. The molecule has 12 heavy (non-hydrogen) atoms. The molecular formula is C7H9N2O2S-. The van der Waals surface area contributed by atoms with Crippen molar-refractivity contribution in [1.29, 1.82) is 0 Å². The lowest BCUT2D eigenvalue weighted by Gasteiger charge is -2.15. The maximum absolute atomic E-state index is 10.2. The van der Waals surface area contributed by atoms with E-state index in [1.807, 2.05) is 6.07 Å². The predicted octanol–water partition coefficient (Wildman–Crippen LogP) is 0.0276. The second kappa shape index (κ2) is 4.32. The van der Waals surface area contributed by atoms with Crippen LogP contribution in [0.4, 0.5) is 0 Å². The van der Waals surface area contributed by atoms with Gasteiger partial charge in [0.05, 0.1) is 6.17 Å². The first-order valence-electron chi connectivity index (χ1n) is 3.36. The minimum absolute atomic E-state index is 0.662. The summed E-state index contributed by atoms with van der Waals surface area (Å²) in [5.41, 5.74) is 6.23. The zero-order valence-corrected chi connectivity index (χ0v) is 7.08. The lowest BCUT2D eigenvalue weighted by Crippen LogP contribution is -2.29. The predicted molar refractivity (Wildman–Crippen MR) is 45.4 cm³/mol. The van der Waals surface area contributed by atoms with Crippen molar-refractivity contribution in [2.75, 3.05) is 0 Å². The van der Waals surface area contributed by atoms with Gasteiger partial charge in [-0.05, 0) is 5.56 Å². The summed E-state index contributed by atoms with van der Waals surface area (Å²) in [6.07, 6.45) is -0.662. The maximum Gasteiger partial charge on any atom is 0.0914 e. The summed E-state index contributed by atoms with van der Waals surface area (Å²) in [7, 11) is 0. The first kappa shape index (κ1) is 9.34. The minimum atomic E-state index is -2.32. The maximum atomic E-state index is 10.2. The van der Waals surface area contributed by atoms with Crippen molar-refractivity contribution in [3.63, 3.8) is 0 Å². The quantitative estimate of drug-likeness (QED) is 0.515. The molecule has 0 aliphatic heterocycles. The number of hydrogen-bond acceptors (Lipinski definition) is 3. The molecule has 0 saturated carbocycles. The third kappa shape index (κ3) is 2.71. The highest BCUT2D eigenvalue weighted by Crippen LogP contribution is 2.05. The molecule has 0 fully saturated rings. The fraction of sp³-hybridized carbons (Fsp3) is 0.143. The molecule has 0 aliphatic rings. The van der Waals surface area contributed by atoms with Crippen LogP contribution in [0, 0.1) is 0 Å². The number of nitrogens with two attached hydrogens (primary N) is 1. The Morgan fingerprint density at radius 2 is 2.00 bits per heavy atom. The van der Waals surface area contributed by atoms with E-state index in [2.05, 4.69) is 4.72 Å². The van der Waals surface area contributed by atoms with Crippen LogP contribution >= 0.6 is 0 Å². The van der Waals surface area contributed by atoms with Crippen LogP contribution in [0.3, 0.4) is 0 Å². The fourth-order valence-electron chi connectivity index (χ4n) is 0.832. The van der Waals surface area contributed by atoms with Gasteiger partial charge in [0.15, 0.2) is 0 Å². The second-order valence-electron chi connectivity index (χ2n) is 2.24. The van der Waals surface area contributed by atoms with Crippen LogP contribution in [0.15, 0.2) is 30.3 Å². The Bertz CT molecular complexity index is 265. The van der Waals surface area contributed by atoms with Gasteiger partial charge in [0.25, 0.3) is 0 Å². The van der Waals surface area contributed by atoms with Gasteiger partial charge in [0, 0.05) is 11.3 Å². The third-order valence-corrected chi connectivity index (χ3v) is 1.83. The Balaban J connectivity index is 2.65. The molecule has 3 N–H and O–H groups in total. The van der Waals surface area contributed by atoms with Crippen molar-refractivity contribution in [2.45, 2.75) is 6.17 Å². The summed E-state index contributed by atoms with van der Waals surface area (Å²) < 4.78 is 22.5. The Morgan fingerprint density at radius 1 is 1.42 bits per heavy atom. The summed E-state index contributed by atoms with van der Waals surface area (Å²) in [6.45, 7) is 0. The van der Waals surface area contributed by atoms with Crippen molar-refractivity contribution in [3.8, 4) is 0 Å². The molecule has 0 aromatic heterocycles. The third-order valence-electron chi connectivity index (χ3n) is 1.38. The van der Waals surface area contributed by atoms with Crippen molar-refractivity contribution >= 4 is 11.3 Å². The Morgan fingerprint density at radius 3 is 2.50 bits per heavy atom.